The summed E-state index contributed by atoms with van der Waals surface area (Å²) in [6.45, 7) is 0. The minimum atomic E-state index is -1.49. The van der Waals surface area contributed by atoms with Crippen LogP contribution in [0.15, 0.2) is 97.1 Å². The number of benzene rings is 5. The number of hydrogen-bond acceptors (Lipinski definition) is 2. The Bertz CT molecular complexity index is 1570. The summed E-state index contributed by atoms with van der Waals surface area (Å²) >= 11 is 0. The maximum absolute atomic E-state index is 9.79. The van der Waals surface area contributed by atoms with Gasteiger partial charge >= 0.3 is 7.12 Å². The monoisotopic (exact) mass is 387 g/mol. The highest BCUT2D eigenvalue weighted by atomic mass is 16.4. The Balaban J connectivity index is 1.79. The molecule has 1 heterocycles. The van der Waals surface area contributed by atoms with Crippen molar-refractivity contribution in [3.8, 4) is 5.69 Å². The van der Waals surface area contributed by atoms with Crippen LogP contribution >= 0.6 is 0 Å². The molecule has 0 bridgehead atoms. The Labute approximate surface area is 173 Å². The van der Waals surface area contributed by atoms with E-state index in [0.29, 0.717) is 5.46 Å². The van der Waals surface area contributed by atoms with Crippen LogP contribution in [0, 0.1) is 0 Å². The van der Waals surface area contributed by atoms with E-state index < -0.39 is 7.12 Å². The SMILES string of the molecule is OB(O)c1cccc2c1ccc1cc3c(cc12)c1ccccc1n3-c1ccccc1. The molecule has 4 heteroatoms. The van der Waals surface area contributed by atoms with E-state index in [1.165, 1.54) is 16.3 Å². The summed E-state index contributed by atoms with van der Waals surface area (Å²) in [7, 11) is -1.49. The first-order valence-corrected chi connectivity index (χ1v) is 10.0. The molecule has 0 aliphatic heterocycles. The van der Waals surface area contributed by atoms with Gasteiger partial charge in [-0.2, -0.15) is 0 Å². The summed E-state index contributed by atoms with van der Waals surface area (Å²) in [5.74, 6) is 0. The van der Waals surface area contributed by atoms with Gasteiger partial charge in [-0.1, -0.05) is 66.7 Å². The number of hydrogen-bond donors (Lipinski definition) is 2. The van der Waals surface area contributed by atoms with Gasteiger partial charge in [0, 0.05) is 16.5 Å². The van der Waals surface area contributed by atoms with Crippen LogP contribution in [0.1, 0.15) is 0 Å². The maximum atomic E-state index is 9.79. The number of rotatable bonds is 2. The molecule has 0 saturated heterocycles. The van der Waals surface area contributed by atoms with Crippen LogP contribution in [0.25, 0.3) is 49.0 Å². The van der Waals surface area contributed by atoms with Crippen molar-refractivity contribution in [2.75, 3.05) is 0 Å². The molecular formula is C26H18BNO2. The van der Waals surface area contributed by atoms with Crippen LogP contribution in [-0.2, 0) is 0 Å². The van der Waals surface area contributed by atoms with E-state index in [2.05, 4.69) is 71.3 Å². The van der Waals surface area contributed by atoms with Crippen molar-refractivity contribution in [1.82, 2.24) is 4.57 Å². The molecule has 0 spiro atoms. The summed E-state index contributed by atoms with van der Waals surface area (Å²) < 4.78 is 2.31. The van der Waals surface area contributed by atoms with E-state index in [0.717, 1.165) is 32.7 Å². The lowest BCUT2D eigenvalue weighted by molar-refractivity contribution is 0.426. The molecule has 0 aliphatic carbocycles. The molecule has 0 radical (unpaired) electrons. The van der Waals surface area contributed by atoms with Crippen LogP contribution in [0.2, 0.25) is 0 Å². The summed E-state index contributed by atoms with van der Waals surface area (Å²) in [5.41, 5.74) is 3.99. The molecule has 2 N–H and O–H groups in total. The molecule has 30 heavy (non-hydrogen) atoms. The molecule has 5 aromatic carbocycles. The van der Waals surface area contributed by atoms with Crippen molar-refractivity contribution in [3.05, 3.63) is 97.1 Å². The van der Waals surface area contributed by atoms with E-state index in [-0.39, 0.29) is 0 Å². The van der Waals surface area contributed by atoms with Gasteiger partial charge in [-0.25, -0.2) is 0 Å². The Kier molecular flexibility index (Phi) is 3.72. The minimum absolute atomic E-state index is 0.529. The smallest absolute Gasteiger partial charge is 0.423 e. The standard InChI is InChI=1S/C26H18BNO2/c29-27(30)24-11-6-10-19-20(24)14-13-17-15-26-23(16-22(17)19)21-9-4-5-12-25(21)28(26)18-7-2-1-3-8-18/h1-16,29-30H. The molecule has 142 valence electrons. The van der Waals surface area contributed by atoms with Crippen molar-refractivity contribution in [1.29, 1.82) is 0 Å². The number of nitrogens with zero attached hydrogens (tertiary/aromatic N) is 1. The van der Waals surface area contributed by atoms with Gasteiger partial charge in [0.2, 0.25) is 0 Å². The Hall–Kier alpha value is -3.60. The fourth-order valence-corrected chi connectivity index (χ4v) is 4.66. The van der Waals surface area contributed by atoms with E-state index >= 15 is 0 Å². The summed E-state index contributed by atoms with van der Waals surface area (Å²) in [5, 5.41) is 26.1. The van der Waals surface area contributed by atoms with Crippen LogP contribution < -0.4 is 5.46 Å². The molecule has 3 nitrogen and oxygen atoms in total. The van der Waals surface area contributed by atoms with Gasteiger partial charge in [0.25, 0.3) is 0 Å². The Morgan fingerprint density at radius 3 is 2.13 bits per heavy atom. The first kappa shape index (κ1) is 17.3. The summed E-state index contributed by atoms with van der Waals surface area (Å²) in [6.07, 6.45) is 0. The predicted molar refractivity (Wildman–Crippen MR) is 126 cm³/mol. The minimum Gasteiger partial charge on any atom is -0.423 e. The first-order valence-electron chi connectivity index (χ1n) is 10.0. The molecule has 0 atom stereocenters. The largest absolute Gasteiger partial charge is 0.489 e. The lowest BCUT2D eigenvalue weighted by Gasteiger charge is -2.11. The average Bonchev–Trinajstić information content (AvgIpc) is 3.11. The number of para-hydroxylation sites is 2. The van der Waals surface area contributed by atoms with Crippen LogP contribution in [-0.4, -0.2) is 21.7 Å². The molecule has 6 aromatic rings. The van der Waals surface area contributed by atoms with Crippen molar-refractivity contribution >= 4 is 55.9 Å². The van der Waals surface area contributed by atoms with Gasteiger partial charge in [-0.3, -0.25) is 0 Å². The van der Waals surface area contributed by atoms with Gasteiger partial charge in [0.05, 0.1) is 11.0 Å². The highest BCUT2D eigenvalue weighted by molar-refractivity contribution is 6.62. The molecule has 0 saturated carbocycles. The fraction of sp³-hybridized carbons (Fsp3) is 0. The second kappa shape index (κ2) is 6.46. The second-order valence-electron chi connectivity index (χ2n) is 7.66. The quantitative estimate of drug-likeness (QED) is 0.332. The summed E-state index contributed by atoms with van der Waals surface area (Å²) in [6, 6.07) is 33.1. The van der Waals surface area contributed by atoms with E-state index in [4.69, 9.17) is 0 Å². The van der Waals surface area contributed by atoms with Gasteiger partial charge in [0.15, 0.2) is 0 Å². The molecule has 6 rings (SSSR count). The second-order valence-corrected chi connectivity index (χ2v) is 7.66. The van der Waals surface area contributed by atoms with Gasteiger partial charge in [-0.15, -0.1) is 0 Å². The zero-order valence-electron chi connectivity index (χ0n) is 16.2. The third kappa shape index (κ3) is 2.41. The average molecular weight is 387 g/mol. The molecule has 0 aliphatic rings. The van der Waals surface area contributed by atoms with Crippen molar-refractivity contribution < 1.29 is 10.0 Å². The molecule has 1 aromatic heterocycles. The molecular weight excluding hydrogens is 369 g/mol. The van der Waals surface area contributed by atoms with Gasteiger partial charge < -0.3 is 14.6 Å². The van der Waals surface area contributed by atoms with E-state index in [1.807, 2.05) is 24.3 Å². The third-order valence-electron chi connectivity index (χ3n) is 6.00. The van der Waals surface area contributed by atoms with Crippen LogP contribution in [0.4, 0.5) is 0 Å². The van der Waals surface area contributed by atoms with Gasteiger partial charge in [-0.05, 0) is 57.3 Å². The van der Waals surface area contributed by atoms with Gasteiger partial charge in [0.1, 0.15) is 0 Å². The topological polar surface area (TPSA) is 45.4 Å². The molecule has 0 amide bonds. The lowest BCUT2D eigenvalue weighted by atomic mass is 9.76. The zero-order chi connectivity index (χ0) is 20.2. The zero-order valence-corrected chi connectivity index (χ0v) is 16.2. The summed E-state index contributed by atoms with van der Waals surface area (Å²) in [4.78, 5) is 0. The number of aromatic nitrogens is 1. The van der Waals surface area contributed by atoms with Crippen molar-refractivity contribution in [2.45, 2.75) is 0 Å². The van der Waals surface area contributed by atoms with Crippen molar-refractivity contribution in [3.63, 3.8) is 0 Å². The van der Waals surface area contributed by atoms with Crippen LogP contribution in [0.3, 0.4) is 0 Å². The molecule has 0 fully saturated rings. The van der Waals surface area contributed by atoms with E-state index in [9.17, 15) is 10.0 Å². The van der Waals surface area contributed by atoms with Crippen LogP contribution in [0.5, 0.6) is 0 Å². The lowest BCUT2D eigenvalue weighted by Crippen LogP contribution is -2.30. The fourth-order valence-electron chi connectivity index (χ4n) is 4.66. The Morgan fingerprint density at radius 2 is 1.30 bits per heavy atom. The molecule has 0 unspecified atom stereocenters. The highest BCUT2D eigenvalue weighted by Crippen LogP contribution is 2.36. The normalized spacial score (nSPS) is 11.7. The number of fused-ring (bicyclic) bond motifs is 6. The predicted octanol–water partition coefficient (Wildman–Crippen LogP) is 4.77. The first-order chi connectivity index (χ1) is 14.7. The van der Waals surface area contributed by atoms with Crippen molar-refractivity contribution in [2.24, 2.45) is 0 Å². The van der Waals surface area contributed by atoms with E-state index in [1.54, 1.807) is 6.07 Å². The third-order valence-corrected chi connectivity index (χ3v) is 6.00. The maximum Gasteiger partial charge on any atom is 0.489 e. The highest BCUT2D eigenvalue weighted by Gasteiger charge is 2.17. The Morgan fingerprint density at radius 1 is 0.533 bits per heavy atom.